The van der Waals surface area contributed by atoms with Crippen molar-refractivity contribution in [3.63, 3.8) is 0 Å². The van der Waals surface area contributed by atoms with Crippen LogP contribution in [-0.2, 0) is 14.4 Å². The predicted molar refractivity (Wildman–Crippen MR) is 88.5 cm³/mol. The maximum absolute atomic E-state index is 12.2. The number of hydrogen-bond donors (Lipinski definition) is 3. The van der Waals surface area contributed by atoms with Gasteiger partial charge in [0.1, 0.15) is 10.9 Å². The average molecular weight is 378 g/mol. The molecule has 0 bridgehead atoms. The maximum atomic E-state index is 12.2. The number of aromatic nitrogens is 1. The fourth-order valence-corrected chi connectivity index (χ4v) is 3.99. The maximum Gasteiger partial charge on any atom is 0.327 e. The monoisotopic (exact) mass is 378 g/mol. The summed E-state index contributed by atoms with van der Waals surface area (Å²) in [5.41, 5.74) is 0.113. The number of rotatable bonds is 5. The number of benzene rings is 1. The van der Waals surface area contributed by atoms with Crippen molar-refractivity contribution in [2.24, 2.45) is 4.99 Å². The molecular formula is C15H10N2O6S2. The van der Waals surface area contributed by atoms with Crippen molar-refractivity contribution < 1.29 is 29.7 Å². The summed E-state index contributed by atoms with van der Waals surface area (Å²) in [6.07, 6.45) is -0.766. The van der Waals surface area contributed by atoms with E-state index in [1.54, 1.807) is 24.3 Å². The summed E-state index contributed by atoms with van der Waals surface area (Å²) in [6, 6.07) is 5.11. The molecule has 1 aliphatic heterocycles. The zero-order valence-electron chi connectivity index (χ0n) is 12.4. The number of para-hydroxylation sites is 1. The van der Waals surface area contributed by atoms with Crippen LogP contribution in [-0.4, -0.2) is 37.7 Å². The van der Waals surface area contributed by atoms with E-state index in [2.05, 4.69) is 4.99 Å². The zero-order chi connectivity index (χ0) is 18.3. The van der Waals surface area contributed by atoms with Crippen LogP contribution in [0.25, 0.3) is 5.57 Å². The first-order chi connectivity index (χ1) is 11.8. The van der Waals surface area contributed by atoms with Gasteiger partial charge in [-0.3, -0.25) is 14.2 Å². The van der Waals surface area contributed by atoms with Gasteiger partial charge in [0.25, 0.3) is 5.91 Å². The Morgan fingerprint density at radius 2 is 1.96 bits per heavy atom. The Labute approximate surface area is 148 Å². The number of aromatic hydroxyl groups is 1. The van der Waals surface area contributed by atoms with Crippen molar-refractivity contribution in [1.29, 1.82) is 0 Å². The summed E-state index contributed by atoms with van der Waals surface area (Å²) in [5, 5.41) is 29.6. The van der Waals surface area contributed by atoms with Crippen molar-refractivity contribution in [2.45, 2.75) is 12.5 Å². The lowest BCUT2D eigenvalue weighted by Crippen LogP contribution is -2.23. The number of carbonyl (C=O) groups excluding carboxylic acids is 1. The third-order valence-electron chi connectivity index (χ3n) is 3.62. The second-order valence-electron chi connectivity index (χ2n) is 5.15. The van der Waals surface area contributed by atoms with Crippen LogP contribution < -0.4 is 10.6 Å². The largest absolute Gasteiger partial charge is 0.493 e. The lowest BCUT2D eigenvalue weighted by atomic mass is 10.1. The first-order valence-electron chi connectivity index (χ1n) is 6.93. The highest BCUT2D eigenvalue weighted by atomic mass is 32.1. The van der Waals surface area contributed by atoms with Gasteiger partial charge in [-0.2, -0.15) is 0 Å². The molecule has 2 heterocycles. The third kappa shape index (κ3) is 2.85. The van der Waals surface area contributed by atoms with Gasteiger partial charge in [-0.15, -0.1) is 11.3 Å². The normalized spacial score (nSPS) is 14.1. The quantitative estimate of drug-likeness (QED) is 0.644. The molecule has 1 aromatic heterocycles. The Kier molecular flexibility index (Phi) is 4.23. The standard InChI is InChI=1S/C15H10N2O6S2/c18-9(19)5-8(14(22)23)17-13(21)11(25-15(17)24)10-6-3-1-2-4-7(6)16-12(10)20/h1-4,8,21H,5H2,(H,18,19)(H,22,23)/t8-/m0/s1. The minimum Gasteiger partial charge on any atom is -0.493 e. The predicted octanol–water partition coefficient (Wildman–Crippen LogP) is 0.444. The summed E-state index contributed by atoms with van der Waals surface area (Å²) in [7, 11) is 0. The van der Waals surface area contributed by atoms with Crippen LogP contribution in [0.4, 0.5) is 0 Å². The molecule has 0 spiro atoms. The van der Waals surface area contributed by atoms with Gasteiger partial charge in [-0.05, 0) is 18.3 Å². The number of carbonyl (C=O) groups is 3. The number of hydrogen-bond acceptors (Lipinski definition) is 6. The molecule has 0 saturated carbocycles. The van der Waals surface area contributed by atoms with E-state index in [-0.39, 0.29) is 14.4 Å². The Morgan fingerprint density at radius 3 is 2.60 bits per heavy atom. The van der Waals surface area contributed by atoms with Crippen LogP contribution in [0.2, 0.25) is 0 Å². The van der Waals surface area contributed by atoms with Crippen LogP contribution in [0.3, 0.4) is 0 Å². The molecule has 128 valence electrons. The summed E-state index contributed by atoms with van der Waals surface area (Å²) >= 11 is 5.92. The van der Waals surface area contributed by atoms with Crippen LogP contribution in [0.1, 0.15) is 17.3 Å². The van der Waals surface area contributed by atoms with Gasteiger partial charge in [0, 0.05) is 5.22 Å². The summed E-state index contributed by atoms with van der Waals surface area (Å²) in [5.74, 6) is -3.94. The van der Waals surface area contributed by atoms with Crippen molar-refractivity contribution in [3.05, 3.63) is 43.7 Å². The van der Waals surface area contributed by atoms with Gasteiger partial charge < -0.3 is 15.3 Å². The Hall–Kier alpha value is -2.85. The van der Waals surface area contributed by atoms with Crippen LogP contribution in [0.5, 0.6) is 5.88 Å². The van der Waals surface area contributed by atoms with Crippen LogP contribution in [0, 0.1) is 3.95 Å². The third-order valence-corrected chi connectivity index (χ3v) is 5.03. The molecule has 10 heteroatoms. The lowest BCUT2D eigenvalue weighted by molar-refractivity contribution is -0.147. The molecule has 8 nitrogen and oxygen atoms in total. The first-order valence-corrected chi connectivity index (χ1v) is 8.15. The minimum atomic E-state index is -1.58. The summed E-state index contributed by atoms with van der Waals surface area (Å²) < 4.78 is 0.790. The van der Waals surface area contributed by atoms with Gasteiger partial charge in [-0.25, -0.2) is 9.79 Å². The van der Waals surface area contributed by atoms with Gasteiger partial charge in [-0.1, -0.05) is 18.2 Å². The number of carboxylic acid groups (broad SMARTS) is 2. The lowest BCUT2D eigenvalue weighted by Gasteiger charge is -2.13. The molecule has 1 aromatic carbocycles. The molecule has 0 unspecified atom stereocenters. The molecule has 1 amide bonds. The van der Waals surface area contributed by atoms with E-state index in [1.807, 2.05) is 0 Å². The Morgan fingerprint density at radius 1 is 1.28 bits per heavy atom. The van der Waals surface area contributed by atoms with E-state index < -0.39 is 36.2 Å². The molecule has 0 saturated heterocycles. The number of aliphatic carboxylic acids is 2. The van der Waals surface area contributed by atoms with Gasteiger partial charge in [0.15, 0.2) is 3.95 Å². The first kappa shape index (κ1) is 17.0. The second kappa shape index (κ2) is 6.22. The topological polar surface area (TPSA) is 129 Å². The zero-order valence-corrected chi connectivity index (χ0v) is 14.0. The molecule has 0 fully saturated rings. The van der Waals surface area contributed by atoms with Crippen LogP contribution >= 0.6 is 23.6 Å². The van der Waals surface area contributed by atoms with Gasteiger partial charge >= 0.3 is 11.9 Å². The number of thiazole rings is 1. The summed E-state index contributed by atoms with van der Waals surface area (Å²) in [6.45, 7) is 0. The number of fused-ring (bicyclic) bond motifs is 1. The van der Waals surface area contributed by atoms with Crippen molar-refractivity contribution in [1.82, 2.24) is 4.57 Å². The molecule has 3 rings (SSSR count). The van der Waals surface area contributed by atoms with Crippen molar-refractivity contribution in [2.75, 3.05) is 0 Å². The average Bonchev–Trinajstić information content (AvgIpc) is 3.00. The highest BCUT2D eigenvalue weighted by Gasteiger charge is 2.31. The van der Waals surface area contributed by atoms with E-state index in [1.165, 1.54) is 0 Å². The fraction of sp³-hybridized carbons (Fsp3) is 0.133. The molecule has 2 aromatic rings. The SMILES string of the molecule is O=C(O)C[C@@H](C(=O)O)n1c(O)c(C2=c3ccccc3=NC2=O)sc1=S. The van der Waals surface area contributed by atoms with Crippen molar-refractivity contribution >= 4 is 47.0 Å². The van der Waals surface area contributed by atoms with Crippen molar-refractivity contribution in [3.8, 4) is 5.88 Å². The highest BCUT2D eigenvalue weighted by Crippen LogP contribution is 2.35. The Balaban J connectivity index is 2.25. The highest BCUT2D eigenvalue weighted by molar-refractivity contribution is 7.73. The minimum absolute atomic E-state index is 0.0502. The van der Waals surface area contributed by atoms with E-state index in [0.717, 1.165) is 15.9 Å². The van der Waals surface area contributed by atoms with Gasteiger partial charge in [0.05, 0.1) is 17.4 Å². The molecule has 0 radical (unpaired) electrons. The molecular weight excluding hydrogens is 368 g/mol. The van der Waals surface area contributed by atoms with E-state index >= 15 is 0 Å². The smallest absolute Gasteiger partial charge is 0.327 e. The second-order valence-corrected chi connectivity index (χ2v) is 6.80. The van der Waals surface area contributed by atoms with E-state index in [0.29, 0.717) is 10.6 Å². The molecule has 1 atom stereocenters. The van der Waals surface area contributed by atoms with E-state index in [9.17, 15) is 24.6 Å². The van der Waals surface area contributed by atoms with E-state index in [4.69, 9.17) is 17.3 Å². The number of nitrogens with zero attached hydrogens (tertiary/aromatic N) is 2. The molecule has 25 heavy (non-hydrogen) atoms. The molecule has 3 N–H and O–H groups in total. The molecule has 0 aliphatic carbocycles. The summed E-state index contributed by atoms with van der Waals surface area (Å²) in [4.78, 5) is 38.5. The fourth-order valence-electron chi connectivity index (χ4n) is 2.55. The number of amides is 1. The Bertz CT molecular complexity index is 1100. The number of carboxylic acids is 2. The van der Waals surface area contributed by atoms with Gasteiger partial charge in [0.2, 0.25) is 5.88 Å². The molecule has 1 aliphatic rings. The van der Waals surface area contributed by atoms with Crippen LogP contribution in [0.15, 0.2) is 29.3 Å².